The normalized spacial score (nSPS) is 10.6. The summed E-state index contributed by atoms with van der Waals surface area (Å²) in [6.45, 7) is 2.09. The number of nitrogens with zero attached hydrogens (tertiary/aromatic N) is 1. The summed E-state index contributed by atoms with van der Waals surface area (Å²) in [4.78, 5) is 0. The van der Waals surface area contributed by atoms with Crippen molar-refractivity contribution in [2.75, 3.05) is 5.73 Å². The van der Waals surface area contributed by atoms with Gasteiger partial charge in [0.25, 0.3) is 0 Å². The molecule has 1 aromatic heterocycles. The van der Waals surface area contributed by atoms with Crippen LogP contribution >= 0.6 is 11.6 Å². The topological polar surface area (TPSA) is 52.0 Å². The molecule has 0 bridgehead atoms. The van der Waals surface area contributed by atoms with Gasteiger partial charge in [-0.15, -0.1) is 0 Å². The van der Waals surface area contributed by atoms with Crippen molar-refractivity contribution in [3.63, 3.8) is 0 Å². The fourth-order valence-corrected chi connectivity index (χ4v) is 1.86. The van der Waals surface area contributed by atoms with E-state index in [-0.39, 0.29) is 0 Å². The molecule has 2 rings (SSSR count). The van der Waals surface area contributed by atoms with E-state index >= 15 is 0 Å². The predicted octanol–water partition coefficient (Wildman–Crippen LogP) is 3.53. The van der Waals surface area contributed by atoms with E-state index in [0.29, 0.717) is 10.8 Å². The Kier molecular flexibility index (Phi) is 3.15. The maximum Gasteiger partial charge on any atom is 0.172 e. The first-order valence-electron chi connectivity index (χ1n) is 5.22. The lowest BCUT2D eigenvalue weighted by molar-refractivity contribution is 0.435. The molecule has 0 saturated carbocycles. The van der Waals surface area contributed by atoms with E-state index in [9.17, 15) is 0 Å². The average molecular weight is 237 g/mol. The monoisotopic (exact) mass is 236 g/mol. The van der Waals surface area contributed by atoms with Gasteiger partial charge in [-0.3, -0.25) is 0 Å². The van der Waals surface area contributed by atoms with Crippen LogP contribution < -0.4 is 5.73 Å². The first-order valence-corrected chi connectivity index (χ1v) is 5.60. The van der Waals surface area contributed by atoms with Crippen LogP contribution in [0, 0.1) is 0 Å². The molecule has 0 aliphatic heterocycles. The van der Waals surface area contributed by atoms with E-state index in [2.05, 4.69) is 12.1 Å². The van der Waals surface area contributed by atoms with Gasteiger partial charge in [0.1, 0.15) is 0 Å². The van der Waals surface area contributed by atoms with Crippen LogP contribution in [0.4, 0.5) is 5.82 Å². The number of hydrogen-bond acceptors (Lipinski definition) is 3. The van der Waals surface area contributed by atoms with Crippen LogP contribution in [0.15, 0.2) is 28.8 Å². The Hall–Kier alpha value is -1.48. The number of halogens is 1. The smallest absolute Gasteiger partial charge is 0.172 e. The molecule has 0 atom stereocenters. The Bertz CT molecular complexity index is 494. The summed E-state index contributed by atoms with van der Waals surface area (Å²) in [6, 6.07) is 7.49. The first kappa shape index (κ1) is 11.0. The highest BCUT2D eigenvalue weighted by Gasteiger charge is 2.14. The zero-order valence-electron chi connectivity index (χ0n) is 9.03. The Morgan fingerprint density at radius 2 is 2.25 bits per heavy atom. The summed E-state index contributed by atoms with van der Waals surface area (Å²) < 4.78 is 5.26. The van der Waals surface area contributed by atoms with Gasteiger partial charge < -0.3 is 10.3 Å². The highest BCUT2D eigenvalue weighted by Crippen LogP contribution is 2.30. The van der Waals surface area contributed by atoms with Crippen LogP contribution in [0.25, 0.3) is 11.3 Å². The van der Waals surface area contributed by atoms with Crippen LogP contribution in [0.2, 0.25) is 5.02 Å². The molecule has 2 N–H and O–H groups in total. The van der Waals surface area contributed by atoms with Crippen molar-refractivity contribution in [3.8, 4) is 11.3 Å². The molecule has 0 spiro atoms. The maximum absolute atomic E-state index is 5.94. The molecular weight excluding hydrogens is 224 g/mol. The van der Waals surface area contributed by atoms with Gasteiger partial charge in [0.15, 0.2) is 11.6 Å². The number of rotatable bonds is 3. The fourth-order valence-electron chi connectivity index (χ4n) is 1.67. The lowest BCUT2D eigenvalue weighted by Gasteiger charge is -2.00. The quantitative estimate of drug-likeness (QED) is 0.887. The van der Waals surface area contributed by atoms with Gasteiger partial charge in [-0.2, -0.15) is 0 Å². The molecule has 0 saturated heterocycles. The lowest BCUT2D eigenvalue weighted by Crippen LogP contribution is -1.92. The largest absolute Gasteiger partial charge is 0.381 e. The highest BCUT2D eigenvalue weighted by atomic mass is 35.5. The van der Waals surface area contributed by atoms with E-state index in [1.165, 1.54) is 0 Å². The standard InChI is InChI=1S/C12H13ClN2O/c1-2-4-10-11(16-15-12(10)14)8-5-3-6-9(13)7-8/h3,5-7H,2,4H2,1H3,(H2,14,15). The highest BCUT2D eigenvalue weighted by molar-refractivity contribution is 6.30. The lowest BCUT2D eigenvalue weighted by atomic mass is 10.1. The molecule has 2 aromatic rings. The summed E-state index contributed by atoms with van der Waals surface area (Å²) in [6.07, 6.45) is 1.86. The van der Waals surface area contributed by atoms with Crippen LogP contribution in [-0.4, -0.2) is 5.16 Å². The van der Waals surface area contributed by atoms with Crippen LogP contribution in [0.5, 0.6) is 0 Å². The summed E-state index contributed by atoms with van der Waals surface area (Å²) in [5.74, 6) is 1.19. The molecular formula is C12H13ClN2O. The Labute approximate surface area is 99.2 Å². The molecule has 0 unspecified atom stereocenters. The SMILES string of the molecule is CCCc1c(N)noc1-c1cccc(Cl)c1. The second-order valence-corrected chi connectivity index (χ2v) is 4.07. The van der Waals surface area contributed by atoms with Gasteiger partial charge in [0, 0.05) is 16.1 Å². The van der Waals surface area contributed by atoms with E-state index in [4.69, 9.17) is 21.9 Å². The molecule has 84 valence electrons. The van der Waals surface area contributed by atoms with Crippen molar-refractivity contribution in [1.82, 2.24) is 5.16 Å². The zero-order valence-corrected chi connectivity index (χ0v) is 9.79. The van der Waals surface area contributed by atoms with Gasteiger partial charge in [-0.1, -0.05) is 42.2 Å². The molecule has 3 nitrogen and oxygen atoms in total. The number of benzene rings is 1. The number of nitrogens with two attached hydrogens (primary N) is 1. The third-order valence-corrected chi connectivity index (χ3v) is 2.64. The minimum absolute atomic E-state index is 0.469. The molecule has 0 amide bonds. The fraction of sp³-hybridized carbons (Fsp3) is 0.250. The number of aromatic nitrogens is 1. The second kappa shape index (κ2) is 4.58. The minimum Gasteiger partial charge on any atom is -0.381 e. The van der Waals surface area contributed by atoms with E-state index in [0.717, 1.165) is 29.7 Å². The maximum atomic E-state index is 5.94. The Balaban J connectivity index is 2.47. The van der Waals surface area contributed by atoms with Gasteiger partial charge in [-0.25, -0.2) is 0 Å². The van der Waals surface area contributed by atoms with Crippen molar-refractivity contribution in [3.05, 3.63) is 34.9 Å². The minimum atomic E-state index is 0.469. The summed E-state index contributed by atoms with van der Waals surface area (Å²) in [5.41, 5.74) is 7.64. The van der Waals surface area contributed by atoms with E-state index in [1.807, 2.05) is 24.3 Å². The van der Waals surface area contributed by atoms with Crippen molar-refractivity contribution < 1.29 is 4.52 Å². The molecule has 0 radical (unpaired) electrons. The average Bonchev–Trinajstić information content (AvgIpc) is 2.61. The van der Waals surface area contributed by atoms with Crippen LogP contribution in [-0.2, 0) is 6.42 Å². The predicted molar refractivity (Wildman–Crippen MR) is 65.4 cm³/mol. The Morgan fingerprint density at radius 3 is 2.94 bits per heavy atom. The van der Waals surface area contributed by atoms with Gasteiger partial charge in [-0.05, 0) is 18.6 Å². The van der Waals surface area contributed by atoms with Gasteiger partial charge >= 0.3 is 0 Å². The first-order chi connectivity index (χ1) is 7.72. The number of anilines is 1. The number of hydrogen-bond donors (Lipinski definition) is 1. The van der Waals surface area contributed by atoms with Crippen molar-refractivity contribution in [1.29, 1.82) is 0 Å². The summed E-state index contributed by atoms with van der Waals surface area (Å²) in [5, 5.41) is 4.48. The zero-order chi connectivity index (χ0) is 11.5. The molecule has 16 heavy (non-hydrogen) atoms. The van der Waals surface area contributed by atoms with E-state index < -0.39 is 0 Å². The van der Waals surface area contributed by atoms with Crippen molar-refractivity contribution in [2.45, 2.75) is 19.8 Å². The van der Waals surface area contributed by atoms with Crippen molar-refractivity contribution in [2.24, 2.45) is 0 Å². The third-order valence-electron chi connectivity index (χ3n) is 2.41. The van der Waals surface area contributed by atoms with Crippen molar-refractivity contribution >= 4 is 17.4 Å². The van der Waals surface area contributed by atoms with Gasteiger partial charge in [0.05, 0.1) is 0 Å². The van der Waals surface area contributed by atoms with E-state index in [1.54, 1.807) is 0 Å². The summed E-state index contributed by atoms with van der Waals surface area (Å²) in [7, 11) is 0. The molecule has 1 heterocycles. The molecule has 0 fully saturated rings. The molecule has 4 heteroatoms. The van der Waals surface area contributed by atoms with Crippen LogP contribution in [0.3, 0.4) is 0 Å². The molecule has 0 aliphatic rings. The van der Waals surface area contributed by atoms with Gasteiger partial charge in [0.2, 0.25) is 0 Å². The van der Waals surface area contributed by atoms with Crippen LogP contribution in [0.1, 0.15) is 18.9 Å². The number of nitrogen functional groups attached to an aromatic ring is 1. The molecule has 1 aromatic carbocycles. The summed E-state index contributed by atoms with van der Waals surface area (Å²) >= 11 is 5.94. The third kappa shape index (κ3) is 2.04. The second-order valence-electron chi connectivity index (χ2n) is 3.64. The Morgan fingerprint density at radius 1 is 1.44 bits per heavy atom. The molecule has 0 aliphatic carbocycles.